The van der Waals surface area contributed by atoms with Crippen LogP contribution in [0.15, 0.2) is 70.9 Å². The van der Waals surface area contributed by atoms with Gasteiger partial charge >= 0.3 is 5.97 Å². The first-order chi connectivity index (χ1) is 14.6. The number of carbonyl (C=O) groups excluding carboxylic acids is 2. The van der Waals surface area contributed by atoms with Crippen molar-refractivity contribution in [3.05, 3.63) is 77.5 Å². The van der Waals surface area contributed by atoms with E-state index in [4.69, 9.17) is 4.74 Å². The lowest BCUT2D eigenvalue weighted by molar-refractivity contribution is -0.122. The number of amides is 1. The Kier molecular flexibility index (Phi) is 5.85. The largest absolute Gasteiger partial charge is 0.452 e. The molecule has 8 heteroatoms. The summed E-state index contributed by atoms with van der Waals surface area (Å²) in [6.07, 6.45) is 0. The number of amidine groups is 1. The summed E-state index contributed by atoms with van der Waals surface area (Å²) in [6.45, 7) is 1.39. The first-order valence-electron chi connectivity index (χ1n) is 9.26. The number of ether oxygens (including phenoxy) is 1. The van der Waals surface area contributed by atoms with Crippen LogP contribution in [0, 0.1) is 6.92 Å². The lowest BCUT2D eigenvalue weighted by atomic mass is 10.1. The summed E-state index contributed by atoms with van der Waals surface area (Å²) in [6, 6.07) is 18.7. The van der Waals surface area contributed by atoms with Gasteiger partial charge in [-0.1, -0.05) is 60.3 Å². The molecule has 0 bridgehead atoms. The molecular formula is C22H18N4O3S. The molecule has 7 nitrogen and oxygen atoms in total. The second-order valence-electron chi connectivity index (χ2n) is 6.56. The van der Waals surface area contributed by atoms with Crippen molar-refractivity contribution >= 4 is 45.4 Å². The quantitative estimate of drug-likeness (QED) is 0.656. The number of para-hydroxylation sites is 1. The average molecular weight is 418 g/mol. The van der Waals surface area contributed by atoms with Crippen LogP contribution in [0.4, 0.5) is 0 Å². The summed E-state index contributed by atoms with van der Waals surface area (Å²) in [7, 11) is 0. The maximum atomic E-state index is 12.5. The molecule has 0 spiro atoms. The van der Waals surface area contributed by atoms with Crippen LogP contribution in [0.5, 0.6) is 0 Å². The van der Waals surface area contributed by atoms with E-state index in [2.05, 4.69) is 20.5 Å². The van der Waals surface area contributed by atoms with E-state index in [1.54, 1.807) is 19.1 Å². The fourth-order valence-corrected chi connectivity index (χ4v) is 3.76. The van der Waals surface area contributed by atoms with Gasteiger partial charge in [0.15, 0.2) is 11.8 Å². The van der Waals surface area contributed by atoms with E-state index in [0.29, 0.717) is 33.1 Å². The van der Waals surface area contributed by atoms with Crippen LogP contribution in [0.1, 0.15) is 21.6 Å². The first kappa shape index (κ1) is 19.8. The normalized spacial score (nSPS) is 13.4. The molecule has 0 atom stereocenters. The third-order valence-corrected chi connectivity index (χ3v) is 5.23. The van der Waals surface area contributed by atoms with E-state index in [1.807, 2.05) is 48.5 Å². The van der Waals surface area contributed by atoms with Gasteiger partial charge in [0.05, 0.1) is 16.8 Å². The summed E-state index contributed by atoms with van der Waals surface area (Å²) < 4.78 is 5.21. The number of rotatable bonds is 4. The monoisotopic (exact) mass is 418 g/mol. The molecule has 30 heavy (non-hydrogen) atoms. The number of nitrogens with one attached hydrogen (secondary N) is 1. The minimum Gasteiger partial charge on any atom is -0.452 e. The highest BCUT2D eigenvalue weighted by atomic mass is 32.2. The molecule has 0 radical (unpaired) electrons. The first-order valence-corrected chi connectivity index (χ1v) is 10.2. The number of hydrogen-bond acceptors (Lipinski definition) is 7. The molecule has 3 aromatic rings. The molecule has 0 saturated carbocycles. The van der Waals surface area contributed by atoms with E-state index >= 15 is 0 Å². The van der Waals surface area contributed by atoms with Crippen molar-refractivity contribution in [2.24, 2.45) is 10.2 Å². The second kappa shape index (κ2) is 8.87. The minimum atomic E-state index is -0.575. The SMILES string of the molecule is Cc1cc(C(=O)OCC(=O)NC2=NN=C(c3ccccc3)CS2)c2ccccc2n1. The summed E-state index contributed by atoms with van der Waals surface area (Å²) >= 11 is 1.37. The molecule has 0 aliphatic carbocycles. The highest BCUT2D eigenvalue weighted by Gasteiger charge is 2.17. The van der Waals surface area contributed by atoms with Gasteiger partial charge in [-0.15, -0.1) is 5.10 Å². The highest BCUT2D eigenvalue weighted by molar-refractivity contribution is 8.14. The molecular weight excluding hydrogens is 400 g/mol. The number of pyridine rings is 1. The highest BCUT2D eigenvalue weighted by Crippen LogP contribution is 2.19. The molecule has 2 heterocycles. The lowest BCUT2D eigenvalue weighted by Crippen LogP contribution is -2.34. The van der Waals surface area contributed by atoms with Gasteiger partial charge in [-0.2, -0.15) is 5.10 Å². The number of aryl methyl sites for hydroxylation is 1. The van der Waals surface area contributed by atoms with Crippen LogP contribution in [0.3, 0.4) is 0 Å². The minimum absolute atomic E-state index is 0.376. The topological polar surface area (TPSA) is 93.0 Å². The number of thioether (sulfide) groups is 1. The van der Waals surface area contributed by atoms with Crippen molar-refractivity contribution in [2.75, 3.05) is 12.4 Å². The molecule has 150 valence electrons. The van der Waals surface area contributed by atoms with Gasteiger partial charge in [0.2, 0.25) is 0 Å². The number of fused-ring (bicyclic) bond motifs is 1. The summed E-state index contributed by atoms with van der Waals surface area (Å²) in [5.74, 6) is -0.455. The fraction of sp³-hybridized carbons (Fsp3) is 0.136. The van der Waals surface area contributed by atoms with Crippen LogP contribution in [0.2, 0.25) is 0 Å². The molecule has 0 fully saturated rings. The zero-order chi connectivity index (χ0) is 20.9. The molecule has 2 aromatic carbocycles. The maximum absolute atomic E-state index is 12.5. The molecule has 0 unspecified atom stereocenters. The van der Waals surface area contributed by atoms with E-state index in [0.717, 1.165) is 11.3 Å². The molecule has 4 rings (SSSR count). The van der Waals surface area contributed by atoms with Crippen LogP contribution >= 0.6 is 11.8 Å². The number of aromatic nitrogens is 1. The summed E-state index contributed by atoms with van der Waals surface area (Å²) in [4.78, 5) is 29.1. The zero-order valence-corrected chi connectivity index (χ0v) is 17.0. The number of esters is 1. The lowest BCUT2D eigenvalue weighted by Gasteiger charge is -2.13. The smallest absolute Gasteiger partial charge is 0.339 e. The van der Waals surface area contributed by atoms with Crippen molar-refractivity contribution in [1.29, 1.82) is 0 Å². The molecule has 1 aromatic heterocycles. The Hall–Kier alpha value is -3.52. The third kappa shape index (κ3) is 4.55. The van der Waals surface area contributed by atoms with Crippen molar-refractivity contribution < 1.29 is 14.3 Å². The Balaban J connectivity index is 1.37. The summed E-state index contributed by atoms with van der Waals surface area (Å²) in [5.41, 5.74) is 3.62. The number of benzene rings is 2. The fourth-order valence-electron chi connectivity index (χ4n) is 2.97. The van der Waals surface area contributed by atoms with Crippen LogP contribution in [0.25, 0.3) is 10.9 Å². The summed E-state index contributed by atoms with van der Waals surface area (Å²) in [5, 5.41) is 11.9. The standard InChI is InChI=1S/C22H18N4O3S/c1-14-11-17(16-9-5-6-10-18(16)23-14)21(28)29-12-20(27)24-22-26-25-19(13-30-22)15-7-3-2-4-8-15/h2-11H,12-13H2,1H3,(H,24,26,27). The zero-order valence-electron chi connectivity index (χ0n) is 16.2. The molecule has 1 aliphatic rings. The number of hydrogen-bond donors (Lipinski definition) is 1. The van der Waals surface area contributed by atoms with E-state index < -0.39 is 18.5 Å². The van der Waals surface area contributed by atoms with Crippen molar-refractivity contribution in [1.82, 2.24) is 10.3 Å². The average Bonchev–Trinajstić information content (AvgIpc) is 2.78. The van der Waals surface area contributed by atoms with Gasteiger partial charge in [0.1, 0.15) is 0 Å². The Labute approximate surface area is 177 Å². The molecule has 1 aliphatic heterocycles. The van der Waals surface area contributed by atoms with E-state index in [1.165, 1.54) is 11.8 Å². The second-order valence-corrected chi connectivity index (χ2v) is 7.52. The number of nitrogens with zero attached hydrogens (tertiary/aromatic N) is 3. The van der Waals surface area contributed by atoms with Gasteiger partial charge in [0, 0.05) is 16.8 Å². The van der Waals surface area contributed by atoms with Gasteiger partial charge in [0.25, 0.3) is 5.91 Å². The third-order valence-electron chi connectivity index (χ3n) is 4.36. The van der Waals surface area contributed by atoms with Gasteiger partial charge < -0.3 is 10.1 Å². The Morgan fingerprint density at radius 3 is 2.60 bits per heavy atom. The van der Waals surface area contributed by atoms with Crippen LogP contribution < -0.4 is 5.32 Å². The molecule has 0 saturated heterocycles. The van der Waals surface area contributed by atoms with Gasteiger partial charge in [-0.05, 0) is 24.6 Å². The van der Waals surface area contributed by atoms with Crippen LogP contribution in [-0.4, -0.2) is 40.1 Å². The van der Waals surface area contributed by atoms with E-state index in [-0.39, 0.29) is 0 Å². The Bertz CT molecular complexity index is 1180. The number of carbonyl (C=O) groups is 2. The van der Waals surface area contributed by atoms with Crippen molar-refractivity contribution in [3.63, 3.8) is 0 Å². The maximum Gasteiger partial charge on any atom is 0.339 e. The Morgan fingerprint density at radius 1 is 1.07 bits per heavy atom. The van der Waals surface area contributed by atoms with Crippen molar-refractivity contribution in [2.45, 2.75) is 6.92 Å². The molecule has 1 amide bonds. The predicted molar refractivity (Wildman–Crippen MR) is 118 cm³/mol. The van der Waals surface area contributed by atoms with Gasteiger partial charge in [-0.3, -0.25) is 9.78 Å². The van der Waals surface area contributed by atoms with Crippen LogP contribution in [-0.2, 0) is 9.53 Å². The van der Waals surface area contributed by atoms with Crippen molar-refractivity contribution in [3.8, 4) is 0 Å². The van der Waals surface area contributed by atoms with E-state index in [9.17, 15) is 9.59 Å². The Morgan fingerprint density at radius 2 is 1.83 bits per heavy atom. The molecule has 1 N–H and O–H groups in total. The predicted octanol–water partition coefficient (Wildman–Crippen LogP) is 3.32. The van der Waals surface area contributed by atoms with Gasteiger partial charge in [-0.25, -0.2) is 4.79 Å².